The second kappa shape index (κ2) is 5.88. The van der Waals surface area contributed by atoms with Crippen molar-refractivity contribution in [3.8, 4) is 5.75 Å². The van der Waals surface area contributed by atoms with Crippen molar-refractivity contribution in [3.63, 3.8) is 0 Å². The van der Waals surface area contributed by atoms with Gasteiger partial charge in [-0.2, -0.15) is 13.2 Å². The zero-order chi connectivity index (χ0) is 12.9. The smallest absolute Gasteiger partial charge is 0.425 e. The van der Waals surface area contributed by atoms with E-state index < -0.39 is 12.3 Å². The van der Waals surface area contributed by atoms with Gasteiger partial charge in [0.05, 0.1) is 6.61 Å². The first-order valence-corrected chi connectivity index (χ1v) is 5.10. The molecule has 1 aromatic rings. The number of hydrogen-bond donors (Lipinski definition) is 2. The molecule has 3 N–H and O–H groups in total. The molecule has 1 aromatic carbocycles. The maximum absolute atomic E-state index is 12.5. The molecular formula is C11H14F3NO2. The van der Waals surface area contributed by atoms with Crippen LogP contribution in [0.1, 0.15) is 12.0 Å². The molecule has 0 fully saturated rings. The van der Waals surface area contributed by atoms with E-state index in [0.717, 1.165) is 0 Å². The van der Waals surface area contributed by atoms with E-state index in [1.165, 1.54) is 24.3 Å². The largest absolute Gasteiger partial charge is 0.481 e. The average molecular weight is 249 g/mol. The second-order valence-electron chi connectivity index (χ2n) is 3.53. The van der Waals surface area contributed by atoms with Gasteiger partial charge in [-0.15, -0.1) is 0 Å². The van der Waals surface area contributed by atoms with Gasteiger partial charge in [-0.3, -0.25) is 0 Å². The number of hydrogen-bond acceptors (Lipinski definition) is 3. The van der Waals surface area contributed by atoms with Crippen molar-refractivity contribution >= 4 is 0 Å². The number of ether oxygens (including phenoxy) is 1. The summed E-state index contributed by atoms with van der Waals surface area (Å²) in [4.78, 5) is 0. The molecule has 0 aliphatic rings. The molecular weight excluding hydrogens is 235 g/mol. The minimum atomic E-state index is -4.44. The first kappa shape index (κ1) is 13.8. The van der Waals surface area contributed by atoms with Gasteiger partial charge in [0.25, 0.3) is 0 Å². The summed E-state index contributed by atoms with van der Waals surface area (Å²) in [6.07, 6.45) is -6.62. The van der Waals surface area contributed by atoms with E-state index >= 15 is 0 Å². The monoisotopic (exact) mass is 249 g/mol. The van der Waals surface area contributed by atoms with E-state index in [-0.39, 0.29) is 25.3 Å². The molecule has 0 saturated carbocycles. The minimum absolute atomic E-state index is 0.0983. The lowest BCUT2D eigenvalue weighted by molar-refractivity contribution is -0.196. The predicted octanol–water partition coefficient (Wildman–Crippen LogP) is 1.84. The maximum Gasteiger partial charge on any atom is 0.425 e. The number of halogens is 3. The fourth-order valence-electron chi connectivity index (χ4n) is 1.28. The zero-order valence-electron chi connectivity index (χ0n) is 9.07. The van der Waals surface area contributed by atoms with Crippen molar-refractivity contribution in [1.82, 2.24) is 0 Å². The molecule has 3 nitrogen and oxygen atoms in total. The molecule has 0 saturated heterocycles. The van der Waals surface area contributed by atoms with Crippen LogP contribution in [0.3, 0.4) is 0 Å². The molecule has 0 bridgehead atoms. The average Bonchev–Trinajstić information content (AvgIpc) is 2.28. The van der Waals surface area contributed by atoms with Gasteiger partial charge in [-0.05, 0) is 24.2 Å². The summed E-state index contributed by atoms with van der Waals surface area (Å²) in [7, 11) is 0. The van der Waals surface area contributed by atoms with Gasteiger partial charge in [0.1, 0.15) is 5.75 Å². The summed E-state index contributed by atoms with van der Waals surface area (Å²) in [6.45, 7) is -0.259. The first-order valence-electron chi connectivity index (χ1n) is 5.10. The molecule has 0 radical (unpaired) electrons. The van der Waals surface area contributed by atoms with Crippen LogP contribution in [0.25, 0.3) is 0 Å². The van der Waals surface area contributed by atoms with Gasteiger partial charge in [-0.1, -0.05) is 12.1 Å². The third-order valence-electron chi connectivity index (χ3n) is 2.18. The summed E-state index contributed by atoms with van der Waals surface area (Å²) in [5.74, 6) is 0.109. The first-order chi connectivity index (χ1) is 7.97. The molecule has 0 aliphatic carbocycles. The number of aliphatic hydroxyl groups is 1. The van der Waals surface area contributed by atoms with E-state index in [1.54, 1.807) is 0 Å². The molecule has 96 valence electrons. The molecule has 1 atom stereocenters. The Morgan fingerprint density at radius 2 is 1.82 bits per heavy atom. The SMILES string of the molecule is NCCC(Oc1ccc(CO)cc1)C(F)(F)F. The van der Waals surface area contributed by atoms with E-state index in [1.807, 2.05) is 0 Å². The molecule has 6 heteroatoms. The van der Waals surface area contributed by atoms with Crippen LogP contribution in [-0.4, -0.2) is 23.9 Å². The van der Waals surface area contributed by atoms with E-state index in [9.17, 15) is 13.2 Å². The summed E-state index contributed by atoms with van der Waals surface area (Å²) in [6, 6.07) is 5.79. The fourth-order valence-corrected chi connectivity index (χ4v) is 1.28. The molecule has 1 rings (SSSR count). The highest BCUT2D eigenvalue weighted by atomic mass is 19.4. The van der Waals surface area contributed by atoms with Crippen LogP contribution >= 0.6 is 0 Å². The second-order valence-corrected chi connectivity index (χ2v) is 3.53. The molecule has 0 amide bonds. The Morgan fingerprint density at radius 1 is 1.24 bits per heavy atom. The Bertz CT molecular complexity index is 338. The minimum Gasteiger partial charge on any atom is -0.481 e. The van der Waals surface area contributed by atoms with Crippen LogP contribution in [-0.2, 0) is 6.61 Å². The van der Waals surface area contributed by atoms with Gasteiger partial charge in [0.2, 0.25) is 0 Å². The molecule has 0 aromatic heterocycles. The predicted molar refractivity (Wildman–Crippen MR) is 56.5 cm³/mol. The lowest BCUT2D eigenvalue weighted by Crippen LogP contribution is -2.36. The highest BCUT2D eigenvalue weighted by molar-refractivity contribution is 5.27. The topological polar surface area (TPSA) is 55.5 Å². The summed E-state index contributed by atoms with van der Waals surface area (Å²) < 4.78 is 42.4. The molecule has 0 heterocycles. The molecule has 0 spiro atoms. The molecule has 1 unspecified atom stereocenters. The maximum atomic E-state index is 12.5. The van der Waals surface area contributed by atoms with Crippen LogP contribution in [0.2, 0.25) is 0 Å². The van der Waals surface area contributed by atoms with Crippen LogP contribution in [0.4, 0.5) is 13.2 Å². The van der Waals surface area contributed by atoms with E-state index in [4.69, 9.17) is 15.6 Å². The quantitative estimate of drug-likeness (QED) is 0.837. The van der Waals surface area contributed by atoms with Crippen molar-refractivity contribution in [3.05, 3.63) is 29.8 Å². The standard InChI is InChI=1S/C11H14F3NO2/c12-11(13,14)10(5-6-15)17-9-3-1-8(7-16)2-4-9/h1-4,10,16H,5-7,15H2. The van der Waals surface area contributed by atoms with Crippen LogP contribution in [0.5, 0.6) is 5.75 Å². The van der Waals surface area contributed by atoms with Gasteiger partial charge in [0, 0.05) is 6.42 Å². The van der Waals surface area contributed by atoms with Crippen molar-refractivity contribution in [1.29, 1.82) is 0 Å². The number of benzene rings is 1. The highest BCUT2D eigenvalue weighted by Gasteiger charge is 2.41. The Labute approximate surface area is 97.0 Å². The summed E-state index contributed by atoms with van der Waals surface area (Å²) in [5.41, 5.74) is 5.72. The van der Waals surface area contributed by atoms with Gasteiger partial charge >= 0.3 is 6.18 Å². The number of nitrogens with two attached hydrogens (primary N) is 1. The Kier molecular flexibility index (Phi) is 4.77. The number of alkyl halides is 3. The van der Waals surface area contributed by atoms with Gasteiger partial charge in [-0.25, -0.2) is 0 Å². The number of rotatable bonds is 5. The van der Waals surface area contributed by atoms with E-state index in [2.05, 4.69) is 0 Å². The van der Waals surface area contributed by atoms with Crippen LogP contribution < -0.4 is 10.5 Å². The van der Waals surface area contributed by atoms with Crippen LogP contribution in [0.15, 0.2) is 24.3 Å². The number of aliphatic hydroxyl groups excluding tert-OH is 1. The summed E-state index contributed by atoms with van der Waals surface area (Å²) >= 11 is 0. The Hall–Kier alpha value is -1.27. The normalized spacial score (nSPS) is 13.5. The van der Waals surface area contributed by atoms with Crippen LogP contribution in [0, 0.1) is 0 Å². The highest BCUT2D eigenvalue weighted by Crippen LogP contribution is 2.27. The zero-order valence-corrected chi connectivity index (χ0v) is 9.07. The molecule has 17 heavy (non-hydrogen) atoms. The van der Waals surface area contributed by atoms with E-state index in [0.29, 0.717) is 5.56 Å². The van der Waals surface area contributed by atoms with Crippen molar-refractivity contribution < 1.29 is 23.0 Å². The van der Waals surface area contributed by atoms with Crippen molar-refractivity contribution in [2.24, 2.45) is 5.73 Å². The van der Waals surface area contributed by atoms with Gasteiger partial charge < -0.3 is 15.6 Å². The third-order valence-corrected chi connectivity index (χ3v) is 2.18. The van der Waals surface area contributed by atoms with Crippen molar-refractivity contribution in [2.75, 3.05) is 6.54 Å². The molecule has 0 aliphatic heterocycles. The fraction of sp³-hybridized carbons (Fsp3) is 0.455. The Morgan fingerprint density at radius 3 is 2.24 bits per heavy atom. The Balaban J connectivity index is 2.72. The van der Waals surface area contributed by atoms with Gasteiger partial charge in [0.15, 0.2) is 6.10 Å². The lowest BCUT2D eigenvalue weighted by Gasteiger charge is -2.21. The summed E-state index contributed by atoms with van der Waals surface area (Å²) in [5, 5.41) is 8.79. The third kappa shape index (κ3) is 4.24. The van der Waals surface area contributed by atoms with Crippen molar-refractivity contribution in [2.45, 2.75) is 25.3 Å². The lowest BCUT2D eigenvalue weighted by atomic mass is 10.2.